The van der Waals surface area contributed by atoms with Gasteiger partial charge in [-0.05, 0) is 11.6 Å². The maximum Gasteiger partial charge on any atom is 0.416 e. The third-order valence-corrected chi connectivity index (χ3v) is 2.23. The maximum atomic E-state index is 12.4. The van der Waals surface area contributed by atoms with E-state index in [0.717, 1.165) is 12.1 Å². The smallest absolute Gasteiger partial charge is 0.416 e. The number of carbonyl (C=O) groups is 1. The molecule has 2 N–H and O–H groups in total. The van der Waals surface area contributed by atoms with Gasteiger partial charge >= 0.3 is 12.1 Å². The first-order chi connectivity index (χ1) is 8.34. The topological polar surface area (TPSA) is 66.4 Å². The Bertz CT molecular complexity index is 451. The molecular formula is C11H9F3FmNO3-. The van der Waals surface area contributed by atoms with Gasteiger partial charge in [0.2, 0.25) is 0 Å². The van der Waals surface area contributed by atoms with Gasteiger partial charge < -0.3 is 15.2 Å². The first-order valence-corrected chi connectivity index (χ1v) is 4.86. The molecule has 0 aromatic heterocycles. The Labute approximate surface area is 100 Å². The summed E-state index contributed by atoms with van der Waals surface area (Å²) in [6.45, 7) is 0. The molecule has 0 aliphatic heterocycles. The fourth-order valence-corrected chi connectivity index (χ4v) is 1.38. The zero-order valence-corrected chi connectivity index (χ0v) is 11.7. The molecular weight excluding hydrogens is 508 g/mol. The van der Waals surface area contributed by atoms with Gasteiger partial charge in [-0.15, -0.1) is 0 Å². The van der Waals surface area contributed by atoms with E-state index in [0.29, 0.717) is 0 Å². The fourth-order valence-electron chi connectivity index (χ4n) is 1.38. The number of alkyl halides is 3. The molecule has 8 heteroatoms. The second-order valence-electron chi connectivity index (χ2n) is 3.54. The largest absolute Gasteiger partial charge is 0.520 e. The summed E-state index contributed by atoms with van der Waals surface area (Å²) in [6, 6.07) is 2.98. The predicted molar refractivity (Wildman–Crippen MR) is 55.4 cm³/mol. The predicted octanol–water partition coefficient (Wildman–Crippen LogP) is 1.36. The van der Waals surface area contributed by atoms with E-state index in [1.807, 2.05) is 5.32 Å². The van der Waals surface area contributed by atoms with Crippen molar-refractivity contribution in [2.45, 2.75) is 18.6 Å². The first-order valence-electron chi connectivity index (χ1n) is 4.86. The monoisotopic (exact) mass is 517 g/mol. The summed E-state index contributed by atoms with van der Waals surface area (Å²) in [6.07, 6.45) is -3.52. The number of amides is 1. The number of halogens is 3. The molecule has 1 unspecified atom stereocenters. The molecule has 0 saturated heterocycles. The minimum Gasteiger partial charge on any atom is -0.520 e. The summed E-state index contributed by atoms with van der Waals surface area (Å²) in [5, 5.41) is 10.6. The summed E-state index contributed by atoms with van der Waals surface area (Å²) in [5.41, 5.74) is -0.695. The van der Waals surface area contributed by atoms with Crippen LogP contribution in [-0.4, -0.2) is 23.5 Å². The van der Waals surface area contributed by atoms with E-state index >= 15 is 0 Å². The molecule has 1 aromatic rings. The second-order valence-corrected chi connectivity index (χ2v) is 3.54. The van der Waals surface area contributed by atoms with E-state index in [-0.39, 0.29) is 12.0 Å². The number of benzene rings is 1. The van der Waals surface area contributed by atoms with Crippen LogP contribution in [0.15, 0.2) is 24.3 Å². The molecule has 1 rings (SSSR count). The molecule has 0 aliphatic carbocycles. The summed E-state index contributed by atoms with van der Waals surface area (Å²) < 4.78 is 37.3. The van der Waals surface area contributed by atoms with Crippen LogP contribution >= 0.6 is 0 Å². The van der Waals surface area contributed by atoms with Crippen LogP contribution in [0, 0.1) is 0 Å². The number of carboxylic acid groups (broad SMARTS) is 1. The Morgan fingerprint density at radius 1 is 1.42 bits per heavy atom. The van der Waals surface area contributed by atoms with Crippen molar-refractivity contribution in [3.8, 4) is 0 Å². The zero-order valence-electron chi connectivity index (χ0n) is 9.28. The molecule has 110 valence electrons. The van der Waals surface area contributed by atoms with E-state index in [1.54, 1.807) is 0 Å². The van der Waals surface area contributed by atoms with Gasteiger partial charge in [-0.3, -0.25) is 4.79 Å². The molecule has 4 nitrogen and oxygen atoms in total. The number of hydrogen-bond acceptors (Lipinski definition) is 2. The van der Waals surface area contributed by atoms with Crippen molar-refractivity contribution in [3.63, 3.8) is 0 Å². The van der Waals surface area contributed by atoms with Crippen LogP contribution < -0.4 is 5.32 Å². The summed E-state index contributed by atoms with van der Waals surface area (Å²) in [4.78, 5) is 20.8. The SMILES string of the molecule is O=[C-]NC(Cc1cccc(C(F)(F)F)c1)C(=O)O.[Fm]. The van der Waals surface area contributed by atoms with Gasteiger partial charge in [-0.2, -0.15) is 19.6 Å². The van der Waals surface area contributed by atoms with Crippen LogP contribution in [0.1, 0.15) is 11.1 Å². The summed E-state index contributed by atoms with van der Waals surface area (Å²) >= 11 is 0. The zero-order chi connectivity index (χ0) is 13.8. The Kier molecular flexibility index (Phi) is 5.07. The Morgan fingerprint density at radius 3 is 2.53 bits per heavy atom. The molecule has 0 radical (unpaired) electrons. The van der Waals surface area contributed by atoms with E-state index in [4.69, 9.17) is 5.11 Å². The van der Waals surface area contributed by atoms with Gasteiger partial charge in [-0.25, -0.2) is 0 Å². The minimum absolute atomic E-state index is 0. The van der Waals surface area contributed by atoms with Gasteiger partial charge in [0.1, 0.15) is 6.04 Å². The number of aliphatic carboxylic acids is 1. The maximum absolute atomic E-state index is 12.4. The van der Waals surface area contributed by atoms with Crippen LogP contribution in [0.4, 0.5) is 13.2 Å². The third kappa shape index (κ3) is 4.37. The van der Waals surface area contributed by atoms with Crippen molar-refractivity contribution < 1.29 is 27.9 Å². The molecule has 0 spiro atoms. The van der Waals surface area contributed by atoms with Gasteiger partial charge in [0.15, 0.2) is 0 Å². The average molecular weight is 517 g/mol. The number of nitrogens with one attached hydrogen (secondary N) is 1. The van der Waals surface area contributed by atoms with Crippen LogP contribution in [0.3, 0.4) is 0 Å². The van der Waals surface area contributed by atoms with Crippen molar-refractivity contribution in [1.82, 2.24) is 5.32 Å². The van der Waals surface area contributed by atoms with E-state index in [2.05, 4.69) is 0 Å². The Hall–Kier alpha value is -3.05. The quantitative estimate of drug-likeness (QED) is 0.459. The number of carbonyl (C=O) groups excluding carboxylic acids is 1. The molecule has 0 saturated carbocycles. The van der Waals surface area contributed by atoms with Gasteiger partial charge in [0, 0.05) is 6.42 Å². The third-order valence-electron chi connectivity index (χ3n) is 2.23. The fraction of sp³-hybridized carbons (Fsp3) is 0.273. The van der Waals surface area contributed by atoms with Crippen molar-refractivity contribution in [3.05, 3.63) is 35.4 Å². The molecule has 1 atom stereocenters. The first kappa shape index (κ1) is 16.0. The van der Waals surface area contributed by atoms with Crippen molar-refractivity contribution in [2.75, 3.05) is 0 Å². The summed E-state index contributed by atoms with van der Waals surface area (Å²) in [7, 11) is 0. The van der Waals surface area contributed by atoms with Crippen molar-refractivity contribution in [2.24, 2.45) is 0 Å². The van der Waals surface area contributed by atoms with Gasteiger partial charge in [0.25, 0.3) is 0 Å². The van der Waals surface area contributed by atoms with Gasteiger partial charge in [-0.1, -0.05) is 18.2 Å². The molecule has 0 heterocycles. The number of hydrogen-bond donors (Lipinski definition) is 2. The minimum atomic E-state index is -4.49. The van der Waals surface area contributed by atoms with Crippen LogP contribution in [0.5, 0.6) is 0 Å². The van der Waals surface area contributed by atoms with E-state index < -0.39 is 23.8 Å². The number of carboxylic acids is 1. The van der Waals surface area contributed by atoms with Crippen LogP contribution in [0.25, 0.3) is 0 Å². The van der Waals surface area contributed by atoms with Gasteiger partial charge in [0.05, 0.1) is 5.56 Å². The second kappa shape index (κ2) is 6.04. The Balaban J connectivity index is 0.00000324. The number of rotatable bonds is 5. The molecule has 0 bridgehead atoms. The Morgan fingerprint density at radius 2 is 2.05 bits per heavy atom. The molecule has 1 amide bonds. The molecule has 0 fully saturated rings. The average Bonchev–Trinajstić information content (AvgIpc) is 2.27. The van der Waals surface area contributed by atoms with E-state index in [1.165, 1.54) is 18.5 Å². The molecule has 19 heavy (non-hydrogen) atoms. The van der Waals surface area contributed by atoms with Crippen molar-refractivity contribution in [1.29, 1.82) is 0 Å². The van der Waals surface area contributed by atoms with E-state index in [9.17, 15) is 22.8 Å². The molecule has 1 aromatic carbocycles. The standard InChI is InChI=1S/C11H9F3NO3.Fm/c12-11(13,14)8-3-1-2-7(4-8)5-9(10(17)18)15-6-16;/h1-4,9H,5H2,(H,15,16)(H,17,18);/q-1;. The molecule has 0 aliphatic rings. The van der Waals surface area contributed by atoms with Crippen LogP contribution in [0.2, 0.25) is 0 Å². The summed E-state index contributed by atoms with van der Waals surface area (Å²) in [5.74, 6) is -1.34. The van der Waals surface area contributed by atoms with Crippen molar-refractivity contribution >= 4 is 12.4 Å². The normalized spacial score (nSPS) is 12.2. The van der Waals surface area contributed by atoms with Crippen LogP contribution in [-0.2, 0) is 22.2 Å².